The molecule has 0 aromatic heterocycles. The highest BCUT2D eigenvalue weighted by molar-refractivity contribution is 5.93. The Balaban J connectivity index is 2.97. The average molecular weight is 264 g/mol. The third-order valence-corrected chi connectivity index (χ3v) is 2.76. The van der Waals surface area contributed by atoms with Gasteiger partial charge in [-0.2, -0.15) is 0 Å². The van der Waals surface area contributed by atoms with Crippen molar-refractivity contribution in [1.82, 2.24) is 4.90 Å². The molecule has 1 aromatic carbocycles. The lowest BCUT2D eigenvalue weighted by Gasteiger charge is -2.37. The summed E-state index contributed by atoms with van der Waals surface area (Å²) in [4.78, 5) is 26.1. The van der Waals surface area contributed by atoms with E-state index in [1.54, 1.807) is 19.2 Å². The van der Waals surface area contributed by atoms with Gasteiger partial charge in [-0.25, -0.2) is 4.79 Å². The van der Waals surface area contributed by atoms with Gasteiger partial charge in [-0.15, -0.1) is 0 Å². The van der Waals surface area contributed by atoms with Crippen molar-refractivity contribution >= 4 is 17.7 Å². The molecule has 2 amide bonds. The van der Waals surface area contributed by atoms with E-state index in [0.29, 0.717) is 0 Å². The van der Waals surface area contributed by atoms with Crippen molar-refractivity contribution < 1.29 is 14.7 Å². The third kappa shape index (κ3) is 3.98. The molecule has 0 spiro atoms. The van der Waals surface area contributed by atoms with Crippen LogP contribution >= 0.6 is 0 Å². The van der Waals surface area contributed by atoms with Crippen LogP contribution in [0.5, 0.6) is 0 Å². The Kier molecular flexibility index (Phi) is 4.53. The third-order valence-electron chi connectivity index (χ3n) is 2.76. The lowest BCUT2D eigenvalue weighted by atomic mass is 10.1. The first-order valence-corrected chi connectivity index (χ1v) is 6.05. The van der Waals surface area contributed by atoms with Crippen molar-refractivity contribution in [2.24, 2.45) is 0 Å². The quantitative estimate of drug-likeness (QED) is 0.912. The standard InChI is InChI=1S/C14H20N2O3/c1-14(2,3)16(10-12(17)18)13(19)15(4)11-8-6-5-7-9-11/h5-9H,10H2,1-4H3,(H,17,18). The Morgan fingerprint density at radius 1 is 1.16 bits per heavy atom. The van der Waals surface area contributed by atoms with Crippen LogP contribution < -0.4 is 4.90 Å². The Labute approximate surface area is 113 Å². The second-order valence-electron chi connectivity index (χ2n) is 5.33. The number of rotatable bonds is 3. The number of carboxylic acid groups (broad SMARTS) is 1. The zero-order valence-corrected chi connectivity index (χ0v) is 11.8. The molecule has 1 aromatic rings. The summed E-state index contributed by atoms with van der Waals surface area (Å²) in [5.41, 5.74) is 0.172. The van der Waals surface area contributed by atoms with E-state index in [4.69, 9.17) is 5.11 Å². The lowest BCUT2D eigenvalue weighted by molar-refractivity contribution is -0.138. The second-order valence-corrected chi connectivity index (χ2v) is 5.33. The van der Waals surface area contributed by atoms with Crippen LogP contribution in [0.25, 0.3) is 0 Å². The minimum Gasteiger partial charge on any atom is -0.480 e. The predicted molar refractivity (Wildman–Crippen MR) is 74.3 cm³/mol. The topological polar surface area (TPSA) is 60.9 Å². The van der Waals surface area contributed by atoms with E-state index < -0.39 is 11.5 Å². The van der Waals surface area contributed by atoms with Crippen molar-refractivity contribution in [2.45, 2.75) is 26.3 Å². The largest absolute Gasteiger partial charge is 0.480 e. The number of hydrogen-bond acceptors (Lipinski definition) is 2. The van der Waals surface area contributed by atoms with E-state index in [0.717, 1.165) is 5.69 Å². The maximum atomic E-state index is 12.4. The Hall–Kier alpha value is -2.04. The second kappa shape index (κ2) is 5.73. The van der Waals surface area contributed by atoms with Crippen LogP contribution in [0.1, 0.15) is 20.8 Å². The minimum absolute atomic E-state index is 0.320. The van der Waals surface area contributed by atoms with E-state index >= 15 is 0 Å². The highest BCUT2D eigenvalue weighted by Crippen LogP contribution is 2.19. The molecule has 1 rings (SSSR count). The fourth-order valence-electron chi connectivity index (χ4n) is 1.67. The molecular weight excluding hydrogens is 244 g/mol. The highest BCUT2D eigenvalue weighted by atomic mass is 16.4. The molecule has 0 aliphatic rings. The first-order chi connectivity index (χ1) is 8.73. The number of carboxylic acids is 1. The zero-order valence-electron chi connectivity index (χ0n) is 11.8. The van der Waals surface area contributed by atoms with Crippen LogP contribution in [0, 0.1) is 0 Å². The predicted octanol–water partition coefficient (Wildman–Crippen LogP) is 2.43. The molecule has 0 fully saturated rings. The number of para-hydroxylation sites is 1. The maximum Gasteiger partial charge on any atom is 0.325 e. The van der Waals surface area contributed by atoms with E-state index in [9.17, 15) is 9.59 Å². The number of carbonyl (C=O) groups excluding carboxylic acids is 1. The fourth-order valence-corrected chi connectivity index (χ4v) is 1.67. The summed E-state index contributed by atoms with van der Waals surface area (Å²) in [5, 5.41) is 8.94. The fraction of sp³-hybridized carbons (Fsp3) is 0.429. The van der Waals surface area contributed by atoms with Gasteiger partial charge in [0.15, 0.2) is 0 Å². The summed E-state index contributed by atoms with van der Waals surface area (Å²) in [6, 6.07) is 8.80. The molecule has 0 heterocycles. The Morgan fingerprint density at radius 3 is 2.11 bits per heavy atom. The van der Waals surface area contributed by atoms with Gasteiger partial charge in [0.1, 0.15) is 6.54 Å². The molecule has 5 heteroatoms. The first kappa shape index (κ1) is 15.0. The molecule has 19 heavy (non-hydrogen) atoms. The van der Waals surface area contributed by atoms with Gasteiger partial charge in [0.05, 0.1) is 0 Å². The number of carbonyl (C=O) groups is 2. The Morgan fingerprint density at radius 2 is 1.68 bits per heavy atom. The maximum absolute atomic E-state index is 12.4. The first-order valence-electron chi connectivity index (χ1n) is 6.05. The number of urea groups is 1. The molecule has 104 valence electrons. The van der Waals surface area contributed by atoms with Crippen LogP contribution in [0.4, 0.5) is 10.5 Å². The molecule has 1 N–H and O–H groups in total. The smallest absolute Gasteiger partial charge is 0.325 e. The van der Waals surface area contributed by atoms with Gasteiger partial charge in [-0.1, -0.05) is 18.2 Å². The van der Waals surface area contributed by atoms with E-state index in [-0.39, 0.29) is 12.6 Å². The van der Waals surface area contributed by atoms with Crippen LogP contribution in [-0.2, 0) is 4.79 Å². The van der Waals surface area contributed by atoms with Crippen LogP contribution in [0.3, 0.4) is 0 Å². The van der Waals surface area contributed by atoms with Crippen molar-refractivity contribution in [2.75, 3.05) is 18.5 Å². The minimum atomic E-state index is -1.02. The molecule has 0 saturated carbocycles. The van der Waals surface area contributed by atoms with Crippen LogP contribution in [0.2, 0.25) is 0 Å². The van der Waals surface area contributed by atoms with E-state index in [1.807, 2.05) is 39.0 Å². The number of amides is 2. The van der Waals surface area contributed by atoms with Crippen LogP contribution in [0.15, 0.2) is 30.3 Å². The lowest BCUT2D eigenvalue weighted by Crippen LogP contribution is -2.53. The zero-order chi connectivity index (χ0) is 14.6. The summed E-state index contributed by atoms with van der Waals surface area (Å²) in [6.45, 7) is 5.12. The molecule has 0 bridgehead atoms. The van der Waals surface area contributed by atoms with E-state index in [2.05, 4.69) is 0 Å². The highest BCUT2D eigenvalue weighted by Gasteiger charge is 2.30. The molecule has 0 aliphatic heterocycles. The molecule has 0 saturated heterocycles. The number of benzene rings is 1. The summed E-state index contributed by atoms with van der Waals surface area (Å²) in [6.07, 6.45) is 0. The summed E-state index contributed by atoms with van der Waals surface area (Å²) in [5.74, 6) is -1.02. The number of anilines is 1. The monoisotopic (exact) mass is 264 g/mol. The molecule has 0 unspecified atom stereocenters. The molecule has 0 atom stereocenters. The number of hydrogen-bond donors (Lipinski definition) is 1. The van der Waals surface area contributed by atoms with Gasteiger partial charge in [-0.05, 0) is 32.9 Å². The van der Waals surface area contributed by atoms with Gasteiger partial charge in [0.25, 0.3) is 0 Å². The SMILES string of the molecule is CN(C(=O)N(CC(=O)O)C(C)(C)C)c1ccccc1. The van der Waals surface area contributed by atoms with Gasteiger partial charge in [-0.3, -0.25) is 9.69 Å². The average Bonchev–Trinajstić information content (AvgIpc) is 2.34. The summed E-state index contributed by atoms with van der Waals surface area (Å²) >= 11 is 0. The van der Waals surface area contributed by atoms with Gasteiger partial charge < -0.3 is 10.0 Å². The van der Waals surface area contributed by atoms with Crippen molar-refractivity contribution in [3.8, 4) is 0 Å². The summed E-state index contributed by atoms with van der Waals surface area (Å²) < 4.78 is 0. The molecule has 0 radical (unpaired) electrons. The molecule has 5 nitrogen and oxygen atoms in total. The van der Waals surface area contributed by atoms with Crippen LogP contribution in [-0.4, -0.2) is 41.1 Å². The van der Waals surface area contributed by atoms with Gasteiger partial charge in [0.2, 0.25) is 0 Å². The molecular formula is C14H20N2O3. The number of aliphatic carboxylic acids is 1. The Bertz CT molecular complexity index is 452. The van der Waals surface area contributed by atoms with Gasteiger partial charge in [0, 0.05) is 18.3 Å². The summed E-state index contributed by atoms with van der Waals surface area (Å²) in [7, 11) is 1.64. The van der Waals surface area contributed by atoms with Crippen molar-refractivity contribution in [1.29, 1.82) is 0 Å². The van der Waals surface area contributed by atoms with Gasteiger partial charge >= 0.3 is 12.0 Å². The van der Waals surface area contributed by atoms with Crippen molar-refractivity contribution in [3.63, 3.8) is 0 Å². The normalized spacial score (nSPS) is 10.9. The van der Waals surface area contributed by atoms with Crippen molar-refractivity contribution in [3.05, 3.63) is 30.3 Å². The molecule has 0 aliphatic carbocycles. The van der Waals surface area contributed by atoms with E-state index in [1.165, 1.54) is 9.80 Å². The number of nitrogens with zero attached hydrogens (tertiary/aromatic N) is 2.